The van der Waals surface area contributed by atoms with Crippen LogP contribution in [-0.2, 0) is 14.8 Å². The van der Waals surface area contributed by atoms with Gasteiger partial charge in [-0.15, -0.1) is 13.2 Å². The van der Waals surface area contributed by atoms with Gasteiger partial charge in [0.1, 0.15) is 40.0 Å². The second kappa shape index (κ2) is 11.9. The number of alkyl halides is 3. The summed E-state index contributed by atoms with van der Waals surface area (Å²) in [5, 5.41) is 3.48. The number of rotatable bonds is 10. The minimum atomic E-state index is -5.00. The van der Waals surface area contributed by atoms with Gasteiger partial charge in [-0.1, -0.05) is 12.1 Å². The summed E-state index contributed by atoms with van der Waals surface area (Å²) in [6.45, 7) is 1.55. The molecule has 0 unspecified atom stereocenters. The van der Waals surface area contributed by atoms with Gasteiger partial charge in [-0.05, 0) is 35.9 Å². The molecule has 4 aromatic rings. The zero-order valence-electron chi connectivity index (χ0n) is 22.1. The lowest BCUT2D eigenvalue weighted by Crippen LogP contribution is -2.26. The third-order valence-corrected chi connectivity index (χ3v) is 7.00. The monoisotopic (exact) mass is 610 g/mol. The molecule has 42 heavy (non-hydrogen) atoms. The van der Waals surface area contributed by atoms with Gasteiger partial charge in [0.25, 0.3) is 10.0 Å². The number of carbonyl (C=O) groups is 1. The Kier molecular flexibility index (Phi) is 8.56. The number of sulfonamides is 1. The number of nitrogens with zero attached hydrogens (tertiary/aromatic N) is 3. The van der Waals surface area contributed by atoms with Crippen molar-refractivity contribution >= 4 is 33.3 Å². The van der Waals surface area contributed by atoms with Gasteiger partial charge in [0.2, 0.25) is 5.91 Å². The molecule has 4 rings (SSSR count). The minimum absolute atomic E-state index is 0.0309. The number of amides is 1. The topological polar surface area (TPSA) is 133 Å². The second-order valence-electron chi connectivity index (χ2n) is 8.37. The first-order valence-electron chi connectivity index (χ1n) is 11.9. The molecule has 0 aliphatic heterocycles. The van der Waals surface area contributed by atoms with Crippen LogP contribution in [-0.4, -0.2) is 45.0 Å². The van der Waals surface area contributed by atoms with Crippen LogP contribution >= 0.6 is 0 Å². The van der Waals surface area contributed by atoms with Gasteiger partial charge in [-0.2, -0.15) is 0 Å². The van der Waals surface area contributed by atoms with Gasteiger partial charge in [0, 0.05) is 36.4 Å². The first-order valence-corrected chi connectivity index (χ1v) is 13.4. The molecule has 0 saturated heterocycles. The van der Waals surface area contributed by atoms with Gasteiger partial charge < -0.3 is 18.7 Å². The van der Waals surface area contributed by atoms with E-state index in [4.69, 9.17) is 9.47 Å². The molecule has 0 spiro atoms. The summed E-state index contributed by atoms with van der Waals surface area (Å²) >= 11 is 0. The molecule has 2 aromatic carbocycles. The SMILES string of the molecule is CCC(=O)N(c1ccc(S(=O)(=O)Nc2ccon2)cn1)c1cc(F)c(-c2cc(OC)cc(OC(F)(F)F)c2)cc1OC. The van der Waals surface area contributed by atoms with Crippen LogP contribution in [0.3, 0.4) is 0 Å². The molecule has 0 radical (unpaired) electrons. The summed E-state index contributed by atoms with van der Waals surface area (Å²) in [5.74, 6) is -2.31. The van der Waals surface area contributed by atoms with Crippen LogP contribution in [0.1, 0.15) is 13.3 Å². The van der Waals surface area contributed by atoms with Gasteiger partial charge in [0.15, 0.2) is 5.82 Å². The molecule has 1 N–H and O–H groups in total. The first kappa shape index (κ1) is 30.1. The average Bonchev–Trinajstić information content (AvgIpc) is 3.44. The van der Waals surface area contributed by atoms with Gasteiger partial charge in [0.05, 0.1) is 19.9 Å². The Labute approximate surface area is 236 Å². The van der Waals surface area contributed by atoms with Crippen LogP contribution in [0, 0.1) is 5.82 Å². The summed E-state index contributed by atoms with van der Waals surface area (Å²) in [6.07, 6.45) is -2.90. The molecule has 0 bridgehead atoms. The maximum absolute atomic E-state index is 15.6. The standard InChI is InChI=1S/C26H22F4N4O7S/c1-4-25(35)34(24-6-5-18(14-31-24)42(36,37)33-23-7-8-40-32-23)21-13-20(27)19(12-22(21)39-3)15-9-16(38-2)11-17(10-15)41-26(28,29)30/h5-14H,4H2,1-3H3,(H,32,33). The van der Waals surface area contributed by atoms with Crippen molar-refractivity contribution in [3.8, 4) is 28.4 Å². The van der Waals surface area contributed by atoms with Crippen molar-refractivity contribution in [2.75, 3.05) is 23.8 Å². The highest BCUT2D eigenvalue weighted by Crippen LogP contribution is 2.41. The fourth-order valence-electron chi connectivity index (χ4n) is 3.81. The minimum Gasteiger partial charge on any atom is -0.497 e. The van der Waals surface area contributed by atoms with Crippen LogP contribution in [0.4, 0.5) is 34.9 Å². The van der Waals surface area contributed by atoms with E-state index in [1.807, 2.05) is 0 Å². The number of anilines is 3. The predicted octanol–water partition coefficient (Wildman–Crippen LogP) is 5.67. The molecule has 2 aromatic heterocycles. The van der Waals surface area contributed by atoms with Crippen molar-refractivity contribution in [2.24, 2.45) is 0 Å². The number of nitrogens with one attached hydrogen (secondary N) is 1. The van der Waals surface area contributed by atoms with E-state index in [2.05, 4.69) is 24.1 Å². The smallest absolute Gasteiger partial charge is 0.497 e. The van der Waals surface area contributed by atoms with Crippen molar-refractivity contribution in [1.82, 2.24) is 10.1 Å². The van der Waals surface area contributed by atoms with E-state index in [1.54, 1.807) is 6.92 Å². The van der Waals surface area contributed by atoms with Gasteiger partial charge in [-0.3, -0.25) is 14.4 Å². The molecule has 0 aliphatic carbocycles. The molecular weight excluding hydrogens is 588 g/mol. The number of ether oxygens (including phenoxy) is 3. The third-order valence-electron chi connectivity index (χ3n) is 5.66. The highest BCUT2D eigenvalue weighted by Gasteiger charge is 2.32. The van der Waals surface area contributed by atoms with E-state index in [-0.39, 0.29) is 51.3 Å². The number of carbonyl (C=O) groups excluding carboxylic acids is 1. The van der Waals surface area contributed by atoms with Crippen LogP contribution in [0.15, 0.2) is 70.4 Å². The maximum Gasteiger partial charge on any atom is 0.573 e. The molecular formula is C26H22F4N4O7S. The Morgan fingerprint density at radius 3 is 2.36 bits per heavy atom. The van der Waals surface area contributed by atoms with E-state index >= 15 is 4.39 Å². The van der Waals surface area contributed by atoms with E-state index in [1.165, 1.54) is 50.8 Å². The Hall–Kier alpha value is -4.86. The van der Waals surface area contributed by atoms with Crippen molar-refractivity contribution in [3.63, 3.8) is 0 Å². The Morgan fingerprint density at radius 2 is 1.79 bits per heavy atom. The zero-order chi connectivity index (χ0) is 30.7. The normalized spacial score (nSPS) is 11.6. The number of methoxy groups -OCH3 is 2. The lowest BCUT2D eigenvalue weighted by atomic mass is 10.0. The predicted molar refractivity (Wildman–Crippen MR) is 141 cm³/mol. The summed E-state index contributed by atoms with van der Waals surface area (Å²) in [7, 11) is -1.64. The molecule has 1 amide bonds. The quantitative estimate of drug-likeness (QED) is 0.226. The number of aromatic nitrogens is 2. The second-order valence-corrected chi connectivity index (χ2v) is 10.1. The third kappa shape index (κ3) is 6.71. The summed E-state index contributed by atoms with van der Waals surface area (Å²) in [4.78, 5) is 17.9. The fraction of sp³-hybridized carbons (Fsp3) is 0.192. The molecule has 222 valence electrons. The zero-order valence-corrected chi connectivity index (χ0v) is 22.9. The number of halogens is 4. The summed E-state index contributed by atoms with van der Waals surface area (Å²) in [6, 6.07) is 9.09. The van der Waals surface area contributed by atoms with Crippen LogP contribution in [0.25, 0.3) is 11.1 Å². The fourth-order valence-corrected chi connectivity index (χ4v) is 4.75. The van der Waals surface area contributed by atoms with E-state index < -0.39 is 33.9 Å². The van der Waals surface area contributed by atoms with E-state index in [0.717, 1.165) is 29.3 Å². The van der Waals surface area contributed by atoms with Gasteiger partial charge in [-0.25, -0.2) is 17.8 Å². The average molecular weight is 611 g/mol. The highest BCUT2D eigenvalue weighted by molar-refractivity contribution is 7.92. The Balaban J connectivity index is 1.76. The molecule has 2 heterocycles. The molecule has 0 atom stereocenters. The van der Waals surface area contributed by atoms with Gasteiger partial charge >= 0.3 is 6.36 Å². The molecule has 16 heteroatoms. The summed E-state index contributed by atoms with van der Waals surface area (Å²) in [5.41, 5.74) is -0.306. The van der Waals surface area contributed by atoms with Crippen molar-refractivity contribution < 1.29 is 49.5 Å². The van der Waals surface area contributed by atoms with Crippen molar-refractivity contribution in [2.45, 2.75) is 24.6 Å². The Morgan fingerprint density at radius 1 is 1.05 bits per heavy atom. The number of benzene rings is 2. The van der Waals surface area contributed by atoms with Crippen molar-refractivity contribution in [1.29, 1.82) is 0 Å². The lowest BCUT2D eigenvalue weighted by molar-refractivity contribution is -0.274. The van der Waals surface area contributed by atoms with Crippen LogP contribution < -0.4 is 23.8 Å². The largest absolute Gasteiger partial charge is 0.573 e. The van der Waals surface area contributed by atoms with Crippen molar-refractivity contribution in [3.05, 3.63) is 66.8 Å². The number of hydrogen-bond acceptors (Lipinski definition) is 9. The molecule has 11 nitrogen and oxygen atoms in total. The number of hydrogen-bond donors (Lipinski definition) is 1. The number of pyridine rings is 1. The lowest BCUT2D eigenvalue weighted by Gasteiger charge is -2.24. The molecule has 0 fully saturated rings. The Bertz CT molecular complexity index is 1680. The molecule has 0 aliphatic rings. The summed E-state index contributed by atoms with van der Waals surface area (Å²) < 4.78 is 101. The van der Waals surface area contributed by atoms with Crippen LogP contribution in [0.2, 0.25) is 0 Å². The maximum atomic E-state index is 15.6. The van der Waals surface area contributed by atoms with E-state index in [0.29, 0.717) is 0 Å². The van der Waals surface area contributed by atoms with E-state index in [9.17, 15) is 26.4 Å². The molecule has 0 saturated carbocycles. The van der Waals surface area contributed by atoms with Crippen LogP contribution in [0.5, 0.6) is 17.2 Å². The highest BCUT2D eigenvalue weighted by atomic mass is 32.2. The first-order chi connectivity index (χ1) is 19.8.